The van der Waals surface area contributed by atoms with Gasteiger partial charge < -0.3 is 4.57 Å². The van der Waals surface area contributed by atoms with Gasteiger partial charge in [-0.2, -0.15) is 0 Å². The highest BCUT2D eigenvalue weighted by Gasteiger charge is 2.32. The molecule has 2 rings (SSSR count). The number of hydrogen-bond acceptors (Lipinski definition) is 2. The summed E-state index contributed by atoms with van der Waals surface area (Å²) in [6.07, 6.45) is 6.94. The van der Waals surface area contributed by atoms with Crippen molar-refractivity contribution < 1.29 is 0 Å². The summed E-state index contributed by atoms with van der Waals surface area (Å²) in [5.74, 6) is 0. The third-order valence-corrected chi connectivity index (χ3v) is 3.24. The van der Waals surface area contributed by atoms with Crippen LogP contribution in [0.3, 0.4) is 0 Å². The van der Waals surface area contributed by atoms with Gasteiger partial charge in [-0.25, -0.2) is 4.98 Å². The van der Waals surface area contributed by atoms with Crippen LogP contribution < -0.4 is 5.56 Å². The molecule has 0 amide bonds. The van der Waals surface area contributed by atoms with E-state index >= 15 is 0 Å². The number of halogens is 1. The maximum atomic E-state index is 11.6. The van der Waals surface area contributed by atoms with Gasteiger partial charge in [0.05, 0.1) is 0 Å². The molecule has 0 bridgehead atoms. The summed E-state index contributed by atoms with van der Waals surface area (Å²) >= 11 is 5.66. The molecule has 1 aromatic rings. The lowest BCUT2D eigenvalue weighted by Gasteiger charge is -2.38. The highest BCUT2D eigenvalue weighted by molar-refractivity contribution is 6.29. The van der Waals surface area contributed by atoms with Crippen LogP contribution in [-0.4, -0.2) is 9.55 Å². The Kier molecular flexibility index (Phi) is 2.35. The summed E-state index contributed by atoms with van der Waals surface area (Å²) in [4.78, 5) is 15.3. The van der Waals surface area contributed by atoms with Crippen molar-refractivity contribution in [2.75, 3.05) is 0 Å². The minimum absolute atomic E-state index is 0.0652. The zero-order chi connectivity index (χ0) is 10.2. The minimum Gasteiger partial charge on any atom is -0.311 e. The highest BCUT2D eigenvalue weighted by atomic mass is 35.5. The second-order valence-corrected chi connectivity index (χ2v) is 4.67. The van der Waals surface area contributed by atoms with Crippen molar-refractivity contribution in [3.8, 4) is 0 Å². The monoisotopic (exact) mass is 212 g/mol. The smallest absolute Gasteiger partial charge is 0.288 e. The molecule has 76 valence electrons. The zero-order valence-corrected chi connectivity index (χ0v) is 8.92. The molecule has 4 heteroatoms. The van der Waals surface area contributed by atoms with E-state index in [4.69, 9.17) is 11.6 Å². The van der Waals surface area contributed by atoms with Gasteiger partial charge in [-0.3, -0.25) is 4.79 Å². The lowest BCUT2D eigenvalue weighted by molar-refractivity contribution is 0.130. The van der Waals surface area contributed by atoms with E-state index in [1.54, 1.807) is 17.0 Å². The first-order valence-corrected chi connectivity index (χ1v) is 5.19. The Balaban J connectivity index is 2.25. The Bertz CT molecular complexity index is 395. The van der Waals surface area contributed by atoms with Gasteiger partial charge in [-0.15, -0.1) is 0 Å². The highest BCUT2D eigenvalue weighted by Crippen LogP contribution is 2.41. The first kappa shape index (κ1) is 9.71. The van der Waals surface area contributed by atoms with Crippen molar-refractivity contribution in [2.45, 2.75) is 32.7 Å². The molecule has 1 aromatic heterocycles. The van der Waals surface area contributed by atoms with Gasteiger partial charge in [0.25, 0.3) is 5.56 Å². The molecule has 1 saturated carbocycles. The minimum atomic E-state index is -0.178. The third kappa shape index (κ3) is 1.69. The fraction of sp³-hybridized carbons (Fsp3) is 0.600. The summed E-state index contributed by atoms with van der Waals surface area (Å²) in [6.45, 7) is 2.96. The SMILES string of the molecule is CC1(Cn2ccnc(Cl)c2=O)CCC1. The maximum absolute atomic E-state index is 11.6. The van der Waals surface area contributed by atoms with E-state index in [1.807, 2.05) is 0 Å². The number of hydrogen-bond donors (Lipinski definition) is 0. The van der Waals surface area contributed by atoms with Crippen molar-refractivity contribution in [3.63, 3.8) is 0 Å². The predicted molar refractivity (Wildman–Crippen MR) is 55.5 cm³/mol. The summed E-state index contributed by atoms with van der Waals surface area (Å²) in [7, 11) is 0. The van der Waals surface area contributed by atoms with Gasteiger partial charge in [-0.05, 0) is 18.3 Å². The van der Waals surface area contributed by atoms with E-state index in [0.29, 0.717) is 0 Å². The van der Waals surface area contributed by atoms with Gasteiger partial charge in [0.2, 0.25) is 0 Å². The predicted octanol–water partition coefficient (Wildman–Crippen LogP) is 2.09. The Morgan fingerprint density at radius 1 is 1.64 bits per heavy atom. The fourth-order valence-electron chi connectivity index (χ4n) is 1.89. The van der Waals surface area contributed by atoms with Gasteiger partial charge in [0, 0.05) is 18.9 Å². The number of nitrogens with zero attached hydrogens (tertiary/aromatic N) is 2. The second-order valence-electron chi connectivity index (χ2n) is 4.32. The van der Waals surface area contributed by atoms with Crippen LogP contribution in [0, 0.1) is 5.41 Å². The molecule has 0 N–H and O–H groups in total. The van der Waals surface area contributed by atoms with Crippen molar-refractivity contribution in [1.29, 1.82) is 0 Å². The molecule has 0 saturated heterocycles. The van der Waals surface area contributed by atoms with E-state index < -0.39 is 0 Å². The Morgan fingerprint density at radius 3 is 2.93 bits per heavy atom. The van der Waals surface area contributed by atoms with Crippen LogP contribution in [0.25, 0.3) is 0 Å². The molecule has 1 fully saturated rings. The van der Waals surface area contributed by atoms with Crippen molar-refractivity contribution in [3.05, 3.63) is 27.9 Å². The summed E-state index contributed by atoms with van der Waals surface area (Å²) in [6, 6.07) is 0. The van der Waals surface area contributed by atoms with Gasteiger partial charge in [0.15, 0.2) is 5.15 Å². The molecule has 1 heterocycles. The van der Waals surface area contributed by atoms with Crippen LogP contribution in [-0.2, 0) is 6.54 Å². The molecule has 3 nitrogen and oxygen atoms in total. The maximum Gasteiger partial charge on any atom is 0.288 e. The van der Waals surface area contributed by atoms with Crippen LogP contribution in [0.15, 0.2) is 17.2 Å². The summed E-state index contributed by atoms with van der Waals surface area (Å²) < 4.78 is 1.66. The Labute approximate surface area is 87.7 Å². The first-order valence-electron chi connectivity index (χ1n) is 4.82. The first-order chi connectivity index (χ1) is 6.61. The quantitative estimate of drug-likeness (QED) is 0.753. The molecule has 1 aliphatic carbocycles. The lowest BCUT2D eigenvalue weighted by Crippen LogP contribution is -2.35. The van der Waals surface area contributed by atoms with Crippen molar-refractivity contribution >= 4 is 11.6 Å². The summed E-state index contributed by atoms with van der Waals surface area (Å²) in [5, 5.41) is 0.0652. The summed E-state index contributed by atoms with van der Waals surface area (Å²) in [5.41, 5.74) is 0.108. The van der Waals surface area contributed by atoms with E-state index in [9.17, 15) is 4.79 Å². The molecule has 1 aliphatic rings. The molecule has 0 aliphatic heterocycles. The van der Waals surface area contributed by atoms with Crippen LogP contribution in [0.4, 0.5) is 0 Å². The molecular formula is C10H13ClN2O. The second kappa shape index (κ2) is 3.39. The Hall–Kier alpha value is -0.830. The third-order valence-electron chi connectivity index (χ3n) is 2.98. The van der Waals surface area contributed by atoms with E-state index in [-0.39, 0.29) is 16.1 Å². The van der Waals surface area contributed by atoms with Crippen molar-refractivity contribution in [1.82, 2.24) is 9.55 Å². The van der Waals surface area contributed by atoms with Gasteiger partial charge in [-0.1, -0.05) is 24.9 Å². The van der Waals surface area contributed by atoms with Crippen LogP contribution in [0.1, 0.15) is 26.2 Å². The average molecular weight is 213 g/mol. The molecular weight excluding hydrogens is 200 g/mol. The lowest BCUT2D eigenvalue weighted by atomic mass is 9.70. The average Bonchev–Trinajstić information content (AvgIpc) is 2.10. The molecule has 0 atom stereocenters. The molecule has 14 heavy (non-hydrogen) atoms. The number of rotatable bonds is 2. The molecule has 0 unspecified atom stereocenters. The number of aromatic nitrogens is 2. The zero-order valence-electron chi connectivity index (χ0n) is 8.16. The van der Waals surface area contributed by atoms with Gasteiger partial charge >= 0.3 is 0 Å². The van der Waals surface area contributed by atoms with Crippen LogP contribution in [0.2, 0.25) is 5.15 Å². The Morgan fingerprint density at radius 2 is 2.36 bits per heavy atom. The van der Waals surface area contributed by atoms with E-state index in [1.165, 1.54) is 19.3 Å². The van der Waals surface area contributed by atoms with E-state index in [0.717, 1.165) is 6.54 Å². The fourth-order valence-corrected chi connectivity index (χ4v) is 2.06. The van der Waals surface area contributed by atoms with E-state index in [2.05, 4.69) is 11.9 Å². The van der Waals surface area contributed by atoms with Crippen LogP contribution >= 0.6 is 11.6 Å². The van der Waals surface area contributed by atoms with Crippen molar-refractivity contribution in [2.24, 2.45) is 5.41 Å². The van der Waals surface area contributed by atoms with Crippen LogP contribution in [0.5, 0.6) is 0 Å². The van der Waals surface area contributed by atoms with Gasteiger partial charge in [0.1, 0.15) is 0 Å². The molecule has 0 radical (unpaired) electrons. The topological polar surface area (TPSA) is 34.9 Å². The standard InChI is InChI=1S/C10H13ClN2O/c1-10(3-2-4-10)7-13-6-5-12-8(11)9(13)14/h5-6H,2-4,7H2,1H3. The molecule has 0 spiro atoms. The molecule has 0 aromatic carbocycles. The normalized spacial score (nSPS) is 19.0. The largest absolute Gasteiger partial charge is 0.311 e.